The minimum Gasteiger partial charge on any atom is -0.497 e. The SMILES string of the molecule is COc1ccc(CN2CCN(C(=O)c3ccc(C(=N)N)cc3)CC2)cc1. The van der Waals surface area contributed by atoms with Crippen molar-refractivity contribution in [3.63, 3.8) is 0 Å². The lowest BCUT2D eigenvalue weighted by atomic mass is 10.1. The molecule has 2 aromatic rings. The summed E-state index contributed by atoms with van der Waals surface area (Å²) >= 11 is 0. The summed E-state index contributed by atoms with van der Waals surface area (Å²) in [7, 11) is 1.67. The molecule has 0 spiro atoms. The van der Waals surface area contributed by atoms with Crippen molar-refractivity contribution in [2.75, 3.05) is 33.3 Å². The highest BCUT2D eigenvalue weighted by Gasteiger charge is 2.22. The molecule has 26 heavy (non-hydrogen) atoms. The third kappa shape index (κ3) is 4.21. The van der Waals surface area contributed by atoms with Crippen LogP contribution in [-0.4, -0.2) is 54.8 Å². The summed E-state index contributed by atoms with van der Waals surface area (Å²) in [6.45, 7) is 4.00. The van der Waals surface area contributed by atoms with Crippen molar-refractivity contribution in [2.45, 2.75) is 6.54 Å². The fraction of sp³-hybridized carbons (Fsp3) is 0.300. The minimum atomic E-state index is 0.0103. The number of methoxy groups -OCH3 is 1. The summed E-state index contributed by atoms with van der Waals surface area (Å²) in [5, 5.41) is 7.42. The molecule has 1 fully saturated rings. The molecule has 1 saturated heterocycles. The molecule has 0 aromatic heterocycles. The number of nitrogens with one attached hydrogen (secondary N) is 1. The van der Waals surface area contributed by atoms with Crippen molar-refractivity contribution >= 4 is 11.7 Å². The van der Waals surface area contributed by atoms with Crippen molar-refractivity contribution < 1.29 is 9.53 Å². The fourth-order valence-electron chi connectivity index (χ4n) is 3.07. The second-order valence-electron chi connectivity index (χ2n) is 6.41. The van der Waals surface area contributed by atoms with Crippen LogP contribution in [0.2, 0.25) is 0 Å². The highest BCUT2D eigenvalue weighted by molar-refractivity contribution is 5.98. The Kier molecular flexibility index (Phi) is 5.53. The molecule has 1 heterocycles. The van der Waals surface area contributed by atoms with Gasteiger partial charge in [-0.2, -0.15) is 0 Å². The Bertz CT molecular complexity index is 763. The molecule has 0 bridgehead atoms. The van der Waals surface area contributed by atoms with Crippen LogP contribution >= 0.6 is 0 Å². The maximum Gasteiger partial charge on any atom is 0.253 e. The molecule has 0 atom stereocenters. The number of amidine groups is 1. The van der Waals surface area contributed by atoms with Gasteiger partial charge in [-0.15, -0.1) is 0 Å². The Balaban J connectivity index is 1.53. The molecule has 6 heteroatoms. The number of rotatable bonds is 5. The van der Waals surface area contributed by atoms with Gasteiger partial charge in [0.15, 0.2) is 0 Å². The highest BCUT2D eigenvalue weighted by atomic mass is 16.5. The third-order valence-electron chi connectivity index (χ3n) is 4.67. The lowest BCUT2D eigenvalue weighted by molar-refractivity contribution is 0.0628. The first-order chi connectivity index (χ1) is 12.6. The Morgan fingerprint density at radius 1 is 1.00 bits per heavy atom. The Morgan fingerprint density at radius 3 is 2.12 bits per heavy atom. The molecular weight excluding hydrogens is 328 g/mol. The number of hydrogen-bond acceptors (Lipinski definition) is 4. The van der Waals surface area contributed by atoms with E-state index in [0.717, 1.165) is 25.4 Å². The average Bonchev–Trinajstić information content (AvgIpc) is 2.69. The van der Waals surface area contributed by atoms with Crippen LogP contribution < -0.4 is 10.5 Å². The molecule has 0 aliphatic carbocycles. The number of piperazine rings is 1. The first-order valence-corrected chi connectivity index (χ1v) is 8.66. The van der Waals surface area contributed by atoms with E-state index in [1.165, 1.54) is 5.56 Å². The molecule has 1 amide bonds. The lowest BCUT2D eigenvalue weighted by Gasteiger charge is -2.34. The quantitative estimate of drug-likeness (QED) is 0.636. The van der Waals surface area contributed by atoms with Crippen LogP contribution in [0.5, 0.6) is 5.75 Å². The summed E-state index contributed by atoms with van der Waals surface area (Å²) in [6, 6.07) is 15.0. The van der Waals surface area contributed by atoms with Crippen molar-refractivity contribution in [3.8, 4) is 5.75 Å². The summed E-state index contributed by atoms with van der Waals surface area (Å²) < 4.78 is 5.19. The van der Waals surface area contributed by atoms with Gasteiger partial charge in [-0.3, -0.25) is 15.1 Å². The Labute approximate surface area is 153 Å². The molecule has 1 aliphatic rings. The number of hydrogen-bond donors (Lipinski definition) is 2. The van der Waals surface area contributed by atoms with Gasteiger partial charge in [0.2, 0.25) is 0 Å². The van der Waals surface area contributed by atoms with Gasteiger partial charge in [-0.1, -0.05) is 24.3 Å². The van der Waals surface area contributed by atoms with Gasteiger partial charge < -0.3 is 15.4 Å². The van der Waals surface area contributed by atoms with E-state index >= 15 is 0 Å². The summed E-state index contributed by atoms with van der Waals surface area (Å²) in [6.07, 6.45) is 0. The van der Waals surface area contributed by atoms with Gasteiger partial charge in [-0.05, 0) is 29.8 Å². The second kappa shape index (κ2) is 8.01. The number of amides is 1. The van der Waals surface area contributed by atoms with E-state index in [2.05, 4.69) is 17.0 Å². The molecule has 2 aromatic carbocycles. The van der Waals surface area contributed by atoms with E-state index in [1.54, 1.807) is 31.4 Å². The predicted octanol–water partition coefficient (Wildman–Crippen LogP) is 1.94. The van der Waals surface area contributed by atoms with Gasteiger partial charge in [0.1, 0.15) is 11.6 Å². The third-order valence-corrected chi connectivity index (χ3v) is 4.67. The normalized spacial score (nSPS) is 14.9. The first-order valence-electron chi connectivity index (χ1n) is 8.66. The average molecular weight is 352 g/mol. The van der Waals surface area contributed by atoms with Gasteiger partial charge in [-0.25, -0.2) is 0 Å². The van der Waals surface area contributed by atoms with Crippen LogP contribution in [0.4, 0.5) is 0 Å². The number of benzene rings is 2. The summed E-state index contributed by atoms with van der Waals surface area (Å²) in [5.41, 5.74) is 7.96. The van der Waals surface area contributed by atoms with E-state index in [1.807, 2.05) is 17.0 Å². The van der Waals surface area contributed by atoms with Gasteiger partial charge in [0.05, 0.1) is 7.11 Å². The molecule has 3 N–H and O–H groups in total. The van der Waals surface area contributed by atoms with Crippen molar-refractivity contribution in [1.82, 2.24) is 9.80 Å². The second-order valence-corrected chi connectivity index (χ2v) is 6.41. The number of nitrogens with two attached hydrogens (primary N) is 1. The van der Waals surface area contributed by atoms with Crippen LogP contribution in [-0.2, 0) is 6.54 Å². The van der Waals surface area contributed by atoms with Gasteiger partial charge in [0.25, 0.3) is 5.91 Å². The Hall–Kier alpha value is -2.86. The van der Waals surface area contributed by atoms with Crippen LogP contribution in [0.3, 0.4) is 0 Å². The van der Waals surface area contributed by atoms with E-state index in [9.17, 15) is 4.79 Å². The molecule has 0 radical (unpaired) electrons. The number of nitrogen functional groups attached to an aromatic ring is 1. The molecule has 0 saturated carbocycles. The van der Waals surface area contributed by atoms with Crippen LogP contribution in [0.25, 0.3) is 0 Å². The van der Waals surface area contributed by atoms with Crippen LogP contribution in [0.15, 0.2) is 48.5 Å². The maximum absolute atomic E-state index is 12.6. The largest absolute Gasteiger partial charge is 0.497 e. The van der Waals surface area contributed by atoms with Crippen molar-refractivity contribution in [3.05, 3.63) is 65.2 Å². The van der Waals surface area contributed by atoms with Gasteiger partial charge in [0, 0.05) is 43.9 Å². The van der Waals surface area contributed by atoms with Gasteiger partial charge >= 0.3 is 0 Å². The number of nitrogens with zero attached hydrogens (tertiary/aromatic N) is 2. The predicted molar refractivity (Wildman–Crippen MR) is 102 cm³/mol. The molecule has 3 rings (SSSR count). The van der Waals surface area contributed by atoms with E-state index in [4.69, 9.17) is 15.9 Å². The van der Waals surface area contributed by atoms with E-state index in [0.29, 0.717) is 24.2 Å². The minimum absolute atomic E-state index is 0.0103. The van der Waals surface area contributed by atoms with Crippen LogP contribution in [0.1, 0.15) is 21.5 Å². The van der Waals surface area contributed by atoms with E-state index < -0.39 is 0 Å². The molecule has 1 aliphatic heterocycles. The lowest BCUT2D eigenvalue weighted by Crippen LogP contribution is -2.48. The van der Waals surface area contributed by atoms with Crippen LogP contribution in [0, 0.1) is 5.41 Å². The topological polar surface area (TPSA) is 82.7 Å². The zero-order chi connectivity index (χ0) is 18.5. The maximum atomic E-state index is 12.6. The zero-order valence-electron chi connectivity index (χ0n) is 14.9. The molecule has 136 valence electrons. The monoisotopic (exact) mass is 352 g/mol. The first kappa shape index (κ1) is 17.9. The highest BCUT2D eigenvalue weighted by Crippen LogP contribution is 2.15. The van der Waals surface area contributed by atoms with E-state index in [-0.39, 0.29) is 11.7 Å². The number of ether oxygens (including phenoxy) is 1. The molecule has 0 unspecified atom stereocenters. The number of carbonyl (C=O) groups is 1. The number of carbonyl (C=O) groups excluding carboxylic acids is 1. The zero-order valence-corrected chi connectivity index (χ0v) is 14.9. The fourth-order valence-corrected chi connectivity index (χ4v) is 3.07. The Morgan fingerprint density at radius 2 is 1.58 bits per heavy atom. The summed E-state index contributed by atoms with van der Waals surface area (Å²) in [4.78, 5) is 16.9. The standard InChI is InChI=1S/C20H24N4O2/c1-26-18-8-2-15(3-9-18)14-23-10-12-24(13-11-23)20(25)17-6-4-16(5-7-17)19(21)22/h2-9H,10-14H2,1H3,(H3,21,22). The van der Waals surface area contributed by atoms with Crippen molar-refractivity contribution in [1.29, 1.82) is 5.41 Å². The molecule has 6 nitrogen and oxygen atoms in total. The molecular formula is C20H24N4O2. The smallest absolute Gasteiger partial charge is 0.253 e. The van der Waals surface area contributed by atoms with Crippen molar-refractivity contribution in [2.24, 2.45) is 5.73 Å². The summed E-state index contributed by atoms with van der Waals surface area (Å²) in [5.74, 6) is 0.903.